The molecule has 6 nitrogen and oxygen atoms in total. The van der Waals surface area contributed by atoms with Crippen molar-refractivity contribution in [3.63, 3.8) is 0 Å². The summed E-state index contributed by atoms with van der Waals surface area (Å²) < 4.78 is 2.95. The van der Waals surface area contributed by atoms with E-state index in [1.165, 1.54) is 0 Å². The predicted octanol–water partition coefficient (Wildman–Crippen LogP) is 5.03. The van der Waals surface area contributed by atoms with Gasteiger partial charge in [-0.3, -0.25) is 0 Å². The van der Waals surface area contributed by atoms with Crippen LogP contribution >= 0.6 is 39.1 Å². The molecule has 1 N–H and O–H groups in total. The first kappa shape index (κ1) is 17.2. The molecular weight excluding hydrogens is 439 g/mol. The Labute approximate surface area is 167 Å². The van der Waals surface area contributed by atoms with Gasteiger partial charge in [0.1, 0.15) is 5.52 Å². The van der Waals surface area contributed by atoms with Crippen molar-refractivity contribution in [2.45, 2.75) is 0 Å². The highest BCUT2D eigenvalue weighted by atomic mass is 79.9. The summed E-state index contributed by atoms with van der Waals surface area (Å²) in [6.45, 7) is 0. The van der Waals surface area contributed by atoms with Crippen molar-refractivity contribution in [2.75, 3.05) is 5.43 Å². The average Bonchev–Trinajstić information content (AvgIpc) is 2.89. The molecule has 0 fully saturated rings. The standard InChI is InChI=1S/C17H11BrCl2N6/c1-26-14-5-3-10(18)6-12(14)15-16(26)22-17(25-23-15)24-21-8-9-2-4-11(19)7-13(9)20/h2-8H,1H3,(H,22,24,25)/b21-8-. The molecule has 0 unspecified atom stereocenters. The number of nitrogens with one attached hydrogen (secondary N) is 1. The van der Waals surface area contributed by atoms with Crippen LogP contribution in [0.15, 0.2) is 46.0 Å². The first-order valence-corrected chi connectivity index (χ1v) is 9.10. The summed E-state index contributed by atoms with van der Waals surface area (Å²) >= 11 is 15.5. The van der Waals surface area contributed by atoms with Gasteiger partial charge in [-0.05, 0) is 30.3 Å². The van der Waals surface area contributed by atoms with Crippen LogP contribution in [0.3, 0.4) is 0 Å². The number of anilines is 1. The minimum atomic E-state index is 0.295. The van der Waals surface area contributed by atoms with Crippen molar-refractivity contribution >= 4 is 73.4 Å². The molecule has 0 spiro atoms. The summed E-state index contributed by atoms with van der Waals surface area (Å²) in [6, 6.07) is 11.2. The third-order valence-electron chi connectivity index (χ3n) is 3.89. The van der Waals surface area contributed by atoms with Crippen LogP contribution in [0.25, 0.3) is 22.1 Å². The van der Waals surface area contributed by atoms with Crippen LogP contribution in [0.4, 0.5) is 5.95 Å². The molecule has 4 aromatic rings. The van der Waals surface area contributed by atoms with Gasteiger partial charge < -0.3 is 4.57 Å². The average molecular weight is 450 g/mol. The summed E-state index contributed by atoms with van der Waals surface area (Å²) in [4.78, 5) is 4.50. The van der Waals surface area contributed by atoms with E-state index in [-0.39, 0.29) is 0 Å². The van der Waals surface area contributed by atoms with Gasteiger partial charge in [0.15, 0.2) is 5.65 Å². The molecular formula is C17H11BrCl2N6. The molecule has 2 heterocycles. The minimum Gasteiger partial charge on any atom is -0.327 e. The second-order valence-corrected chi connectivity index (χ2v) is 7.32. The van der Waals surface area contributed by atoms with Gasteiger partial charge in [-0.15, -0.1) is 10.2 Å². The lowest BCUT2D eigenvalue weighted by molar-refractivity contribution is 0.949. The normalized spacial score (nSPS) is 11.7. The Hall–Kier alpha value is -2.22. The number of halogens is 3. The van der Waals surface area contributed by atoms with E-state index in [2.05, 4.69) is 41.6 Å². The van der Waals surface area contributed by atoms with Crippen LogP contribution in [0.5, 0.6) is 0 Å². The van der Waals surface area contributed by atoms with E-state index >= 15 is 0 Å². The van der Waals surface area contributed by atoms with Gasteiger partial charge >= 0.3 is 0 Å². The fraction of sp³-hybridized carbons (Fsp3) is 0.0588. The smallest absolute Gasteiger partial charge is 0.265 e. The van der Waals surface area contributed by atoms with Crippen molar-refractivity contribution in [2.24, 2.45) is 12.1 Å². The molecule has 2 aromatic heterocycles. The van der Waals surface area contributed by atoms with Gasteiger partial charge in [0.05, 0.1) is 16.8 Å². The molecule has 0 aliphatic carbocycles. The lowest BCUT2D eigenvalue weighted by Crippen LogP contribution is -2.00. The third-order valence-corrected chi connectivity index (χ3v) is 4.95. The van der Waals surface area contributed by atoms with Crippen LogP contribution in [0.1, 0.15) is 5.56 Å². The van der Waals surface area contributed by atoms with Gasteiger partial charge in [0.2, 0.25) is 0 Å². The number of hydrogen-bond acceptors (Lipinski definition) is 5. The Balaban J connectivity index is 1.66. The fourth-order valence-electron chi connectivity index (χ4n) is 2.64. The van der Waals surface area contributed by atoms with Gasteiger partial charge in [-0.2, -0.15) is 10.1 Å². The maximum Gasteiger partial charge on any atom is 0.265 e. The Morgan fingerprint density at radius 3 is 2.81 bits per heavy atom. The van der Waals surface area contributed by atoms with Gasteiger partial charge in [-0.1, -0.05) is 45.2 Å². The maximum absolute atomic E-state index is 6.11. The van der Waals surface area contributed by atoms with Crippen LogP contribution in [-0.4, -0.2) is 26.0 Å². The van der Waals surface area contributed by atoms with E-state index in [0.717, 1.165) is 32.1 Å². The molecule has 0 saturated heterocycles. The number of hydrazone groups is 1. The zero-order valence-electron chi connectivity index (χ0n) is 13.4. The lowest BCUT2D eigenvalue weighted by Gasteiger charge is -2.00. The highest BCUT2D eigenvalue weighted by Crippen LogP contribution is 2.28. The molecule has 0 atom stereocenters. The van der Waals surface area contributed by atoms with Gasteiger partial charge in [0.25, 0.3) is 5.95 Å². The number of hydrogen-bond donors (Lipinski definition) is 1. The lowest BCUT2D eigenvalue weighted by atomic mass is 10.2. The minimum absolute atomic E-state index is 0.295. The van der Waals surface area contributed by atoms with E-state index in [4.69, 9.17) is 23.2 Å². The maximum atomic E-state index is 6.11. The number of aryl methyl sites for hydroxylation is 1. The molecule has 2 aromatic carbocycles. The van der Waals surface area contributed by atoms with E-state index in [1.807, 2.05) is 29.8 Å². The van der Waals surface area contributed by atoms with E-state index in [0.29, 0.717) is 16.0 Å². The zero-order valence-corrected chi connectivity index (χ0v) is 16.5. The van der Waals surface area contributed by atoms with Crippen LogP contribution < -0.4 is 5.43 Å². The van der Waals surface area contributed by atoms with E-state index < -0.39 is 0 Å². The van der Waals surface area contributed by atoms with Crippen molar-refractivity contribution in [1.82, 2.24) is 19.7 Å². The predicted molar refractivity (Wildman–Crippen MR) is 109 cm³/mol. The fourth-order valence-corrected chi connectivity index (χ4v) is 3.46. The van der Waals surface area contributed by atoms with Crippen LogP contribution in [0, 0.1) is 0 Å². The number of aromatic nitrogens is 4. The van der Waals surface area contributed by atoms with Gasteiger partial charge in [0, 0.05) is 27.5 Å². The molecule has 9 heteroatoms. The molecule has 26 heavy (non-hydrogen) atoms. The quantitative estimate of drug-likeness (QED) is 0.351. The van der Waals surface area contributed by atoms with Crippen LogP contribution in [0.2, 0.25) is 10.0 Å². The largest absolute Gasteiger partial charge is 0.327 e. The highest BCUT2D eigenvalue weighted by Gasteiger charge is 2.12. The summed E-state index contributed by atoms with van der Waals surface area (Å²) in [5.41, 5.74) is 5.99. The number of fused-ring (bicyclic) bond motifs is 3. The second kappa shape index (κ2) is 6.83. The Kier molecular flexibility index (Phi) is 4.52. The summed E-state index contributed by atoms with van der Waals surface area (Å²) in [7, 11) is 1.94. The molecule has 0 aliphatic heterocycles. The molecule has 0 amide bonds. The monoisotopic (exact) mass is 448 g/mol. The van der Waals surface area contributed by atoms with Crippen molar-refractivity contribution < 1.29 is 0 Å². The van der Waals surface area contributed by atoms with Crippen molar-refractivity contribution in [3.8, 4) is 0 Å². The summed E-state index contributed by atoms with van der Waals surface area (Å²) in [5, 5.41) is 14.6. The zero-order chi connectivity index (χ0) is 18.3. The Morgan fingerprint density at radius 1 is 1.15 bits per heavy atom. The molecule has 4 rings (SSSR count). The highest BCUT2D eigenvalue weighted by molar-refractivity contribution is 9.10. The first-order chi connectivity index (χ1) is 12.5. The third kappa shape index (κ3) is 3.13. The second-order valence-electron chi connectivity index (χ2n) is 5.56. The summed E-state index contributed by atoms with van der Waals surface area (Å²) in [6.07, 6.45) is 1.57. The molecule has 130 valence electrons. The SMILES string of the molecule is Cn1c2ccc(Br)cc2c2nnc(N/N=C\c3ccc(Cl)cc3Cl)nc21. The van der Waals surface area contributed by atoms with Crippen LogP contribution in [-0.2, 0) is 7.05 Å². The first-order valence-electron chi connectivity index (χ1n) is 7.55. The number of benzene rings is 2. The van der Waals surface area contributed by atoms with Crippen molar-refractivity contribution in [1.29, 1.82) is 0 Å². The topological polar surface area (TPSA) is 68.0 Å². The molecule has 0 saturated carbocycles. The molecule has 0 aliphatic rings. The summed E-state index contributed by atoms with van der Waals surface area (Å²) in [5.74, 6) is 0.295. The Morgan fingerprint density at radius 2 is 2.00 bits per heavy atom. The molecule has 0 bridgehead atoms. The van der Waals surface area contributed by atoms with E-state index in [1.54, 1.807) is 24.4 Å². The van der Waals surface area contributed by atoms with Gasteiger partial charge in [-0.25, -0.2) is 5.43 Å². The van der Waals surface area contributed by atoms with Crippen molar-refractivity contribution in [3.05, 3.63) is 56.5 Å². The number of nitrogens with zero attached hydrogens (tertiary/aromatic N) is 5. The molecule has 0 radical (unpaired) electrons. The number of rotatable bonds is 3. The Bertz CT molecular complexity index is 1170. The van der Waals surface area contributed by atoms with E-state index in [9.17, 15) is 0 Å².